The number of nitrogens with one attached hydrogen (secondary N) is 1. The van der Waals surface area contributed by atoms with Crippen LogP contribution in [0.2, 0.25) is 0 Å². The number of hydrogen-bond acceptors (Lipinski definition) is 5. The Labute approximate surface area is 146 Å². The molecule has 1 aromatic heterocycles. The SMILES string of the molecule is CCOC(=O)N1CCN(Cc2cc(=O)[nH]c(-c3ccccc3)n2)CC1. The van der Waals surface area contributed by atoms with Crippen LogP contribution in [0.1, 0.15) is 12.6 Å². The number of piperazine rings is 1. The zero-order chi connectivity index (χ0) is 17.6. The topological polar surface area (TPSA) is 78.5 Å². The highest BCUT2D eigenvalue weighted by Gasteiger charge is 2.22. The average Bonchev–Trinajstić information content (AvgIpc) is 2.63. The first kappa shape index (κ1) is 17.2. The van der Waals surface area contributed by atoms with Crippen molar-refractivity contribution < 1.29 is 9.53 Å². The van der Waals surface area contributed by atoms with E-state index in [1.165, 1.54) is 6.07 Å². The quantitative estimate of drug-likeness (QED) is 0.915. The number of hydrogen-bond donors (Lipinski definition) is 1. The van der Waals surface area contributed by atoms with Crippen LogP contribution in [-0.2, 0) is 11.3 Å². The normalized spacial score (nSPS) is 15.2. The summed E-state index contributed by atoms with van der Waals surface area (Å²) in [7, 11) is 0. The molecule has 132 valence electrons. The summed E-state index contributed by atoms with van der Waals surface area (Å²) in [6, 6.07) is 11.1. The van der Waals surface area contributed by atoms with Crippen molar-refractivity contribution in [2.45, 2.75) is 13.5 Å². The molecule has 1 aliphatic heterocycles. The molecule has 7 heteroatoms. The van der Waals surface area contributed by atoms with Gasteiger partial charge in [0, 0.05) is 44.4 Å². The molecule has 0 unspecified atom stereocenters. The van der Waals surface area contributed by atoms with Crippen LogP contribution < -0.4 is 5.56 Å². The van der Waals surface area contributed by atoms with E-state index >= 15 is 0 Å². The maximum atomic E-state index is 12.0. The van der Waals surface area contributed by atoms with Crippen LogP contribution in [0.5, 0.6) is 0 Å². The molecule has 1 aromatic carbocycles. The Morgan fingerprint density at radius 3 is 2.60 bits per heavy atom. The van der Waals surface area contributed by atoms with Crippen molar-refractivity contribution in [2.75, 3.05) is 32.8 Å². The van der Waals surface area contributed by atoms with E-state index in [9.17, 15) is 9.59 Å². The standard InChI is InChI=1S/C18H22N4O3/c1-2-25-18(24)22-10-8-21(9-11-22)13-15-12-16(23)20-17(19-15)14-6-4-3-5-7-14/h3-7,12H,2,8-11,13H2,1H3,(H,19,20,23). The highest BCUT2D eigenvalue weighted by Crippen LogP contribution is 2.14. The Kier molecular flexibility index (Phi) is 5.45. The fraction of sp³-hybridized carbons (Fsp3) is 0.389. The van der Waals surface area contributed by atoms with E-state index < -0.39 is 0 Å². The fourth-order valence-corrected chi connectivity index (χ4v) is 2.85. The Morgan fingerprint density at radius 1 is 1.20 bits per heavy atom. The summed E-state index contributed by atoms with van der Waals surface area (Å²) in [5.74, 6) is 0.577. The minimum Gasteiger partial charge on any atom is -0.450 e. The summed E-state index contributed by atoms with van der Waals surface area (Å²) in [6.45, 7) is 5.47. The van der Waals surface area contributed by atoms with Crippen LogP contribution in [0.3, 0.4) is 0 Å². The maximum Gasteiger partial charge on any atom is 0.409 e. The summed E-state index contributed by atoms with van der Waals surface area (Å²) in [4.78, 5) is 34.9. The third kappa shape index (κ3) is 4.45. The molecule has 1 aliphatic rings. The second-order valence-corrected chi connectivity index (χ2v) is 5.91. The molecular formula is C18H22N4O3. The lowest BCUT2D eigenvalue weighted by molar-refractivity contribution is 0.0775. The van der Waals surface area contributed by atoms with Gasteiger partial charge in [0.2, 0.25) is 0 Å². The molecule has 1 fully saturated rings. The third-order valence-corrected chi connectivity index (χ3v) is 4.13. The number of carbonyl (C=O) groups excluding carboxylic acids is 1. The van der Waals surface area contributed by atoms with Crippen LogP contribution in [0, 0.1) is 0 Å². The fourth-order valence-electron chi connectivity index (χ4n) is 2.85. The van der Waals surface area contributed by atoms with Crippen molar-refractivity contribution in [3.63, 3.8) is 0 Å². The molecule has 1 amide bonds. The number of benzene rings is 1. The van der Waals surface area contributed by atoms with Crippen LogP contribution in [0.15, 0.2) is 41.2 Å². The van der Waals surface area contributed by atoms with E-state index in [2.05, 4.69) is 14.9 Å². The first-order valence-electron chi connectivity index (χ1n) is 8.45. The first-order valence-corrected chi connectivity index (χ1v) is 8.45. The van der Waals surface area contributed by atoms with Crippen molar-refractivity contribution in [1.82, 2.24) is 19.8 Å². The van der Waals surface area contributed by atoms with Gasteiger partial charge in [-0.15, -0.1) is 0 Å². The highest BCUT2D eigenvalue weighted by molar-refractivity contribution is 5.67. The first-order chi connectivity index (χ1) is 12.2. The zero-order valence-electron chi connectivity index (χ0n) is 14.3. The molecule has 3 rings (SSSR count). The molecule has 1 saturated heterocycles. The molecule has 0 aliphatic carbocycles. The van der Waals surface area contributed by atoms with E-state index in [1.54, 1.807) is 11.8 Å². The van der Waals surface area contributed by atoms with Crippen molar-refractivity contribution in [1.29, 1.82) is 0 Å². The summed E-state index contributed by atoms with van der Waals surface area (Å²) >= 11 is 0. The van der Waals surface area contributed by atoms with Crippen LogP contribution in [-0.4, -0.2) is 58.6 Å². The van der Waals surface area contributed by atoms with Gasteiger partial charge in [-0.25, -0.2) is 9.78 Å². The van der Waals surface area contributed by atoms with Crippen molar-refractivity contribution in [3.05, 3.63) is 52.4 Å². The molecule has 2 heterocycles. The lowest BCUT2D eigenvalue weighted by atomic mass is 10.2. The van der Waals surface area contributed by atoms with Crippen molar-refractivity contribution >= 4 is 6.09 Å². The van der Waals surface area contributed by atoms with Gasteiger partial charge in [-0.1, -0.05) is 30.3 Å². The lowest BCUT2D eigenvalue weighted by Crippen LogP contribution is -2.48. The second-order valence-electron chi connectivity index (χ2n) is 5.91. The summed E-state index contributed by atoms with van der Waals surface area (Å²) < 4.78 is 5.03. The maximum absolute atomic E-state index is 12.0. The molecule has 2 aromatic rings. The third-order valence-electron chi connectivity index (χ3n) is 4.13. The Balaban J connectivity index is 1.65. The molecule has 0 radical (unpaired) electrons. The molecule has 0 bridgehead atoms. The number of amides is 1. The number of carbonyl (C=O) groups is 1. The Bertz CT molecular complexity index is 767. The van der Waals surface area contributed by atoms with E-state index in [-0.39, 0.29) is 11.7 Å². The van der Waals surface area contributed by atoms with E-state index in [4.69, 9.17) is 4.74 Å². The molecule has 7 nitrogen and oxygen atoms in total. The van der Waals surface area contributed by atoms with Crippen molar-refractivity contribution in [3.8, 4) is 11.4 Å². The summed E-state index contributed by atoms with van der Waals surface area (Å²) in [5.41, 5.74) is 1.45. The number of aromatic nitrogens is 2. The monoisotopic (exact) mass is 342 g/mol. The summed E-state index contributed by atoms with van der Waals surface area (Å²) in [5, 5.41) is 0. The van der Waals surface area contributed by atoms with E-state index in [0.29, 0.717) is 32.1 Å². The predicted octanol–water partition coefficient (Wildman–Crippen LogP) is 1.71. The van der Waals surface area contributed by atoms with E-state index in [0.717, 1.165) is 24.3 Å². The summed E-state index contributed by atoms with van der Waals surface area (Å²) in [6.07, 6.45) is -0.261. The average molecular weight is 342 g/mol. The molecule has 0 spiro atoms. The van der Waals surface area contributed by atoms with Crippen molar-refractivity contribution in [2.24, 2.45) is 0 Å². The van der Waals surface area contributed by atoms with Gasteiger partial charge in [0.05, 0.1) is 12.3 Å². The van der Waals surface area contributed by atoms with Crippen LogP contribution in [0.4, 0.5) is 4.79 Å². The predicted molar refractivity (Wildman–Crippen MR) is 94.2 cm³/mol. The number of aromatic amines is 1. The van der Waals surface area contributed by atoms with Gasteiger partial charge >= 0.3 is 6.09 Å². The smallest absolute Gasteiger partial charge is 0.409 e. The number of nitrogens with zero attached hydrogens (tertiary/aromatic N) is 3. The molecule has 25 heavy (non-hydrogen) atoms. The van der Waals surface area contributed by atoms with Gasteiger partial charge in [0.1, 0.15) is 5.82 Å². The van der Waals surface area contributed by atoms with Gasteiger partial charge in [0.25, 0.3) is 5.56 Å². The molecule has 0 saturated carbocycles. The zero-order valence-corrected chi connectivity index (χ0v) is 14.3. The van der Waals surface area contributed by atoms with Gasteiger partial charge in [0.15, 0.2) is 0 Å². The van der Waals surface area contributed by atoms with Gasteiger partial charge < -0.3 is 14.6 Å². The van der Waals surface area contributed by atoms with E-state index in [1.807, 2.05) is 30.3 Å². The number of H-pyrrole nitrogens is 1. The molecule has 0 atom stereocenters. The Morgan fingerprint density at radius 2 is 1.92 bits per heavy atom. The molecule has 1 N–H and O–H groups in total. The largest absolute Gasteiger partial charge is 0.450 e. The highest BCUT2D eigenvalue weighted by atomic mass is 16.6. The van der Waals surface area contributed by atoms with Gasteiger partial charge in [-0.05, 0) is 6.92 Å². The number of rotatable bonds is 4. The van der Waals surface area contributed by atoms with Gasteiger partial charge in [-0.2, -0.15) is 0 Å². The Hall–Kier alpha value is -2.67. The van der Waals surface area contributed by atoms with Gasteiger partial charge in [-0.3, -0.25) is 9.69 Å². The minimum atomic E-state index is -0.261. The minimum absolute atomic E-state index is 0.158. The molecular weight excluding hydrogens is 320 g/mol. The second kappa shape index (κ2) is 7.94. The lowest BCUT2D eigenvalue weighted by Gasteiger charge is -2.33. The number of ether oxygens (including phenoxy) is 1. The van der Waals surface area contributed by atoms with Crippen LogP contribution >= 0.6 is 0 Å². The van der Waals surface area contributed by atoms with Crippen LogP contribution in [0.25, 0.3) is 11.4 Å².